The molecule has 2 aromatic rings. The van der Waals surface area contributed by atoms with Gasteiger partial charge in [0, 0.05) is 13.0 Å². The second kappa shape index (κ2) is 11.4. The topological polar surface area (TPSA) is 114 Å². The third-order valence-electron chi connectivity index (χ3n) is 6.15. The first-order valence-electron chi connectivity index (χ1n) is 11.8. The molecule has 2 aromatic carbocycles. The van der Waals surface area contributed by atoms with Crippen molar-refractivity contribution < 1.29 is 29.0 Å². The van der Waals surface area contributed by atoms with E-state index in [2.05, 4.69) is 22.8 Å². The van der Waals surface area contributed by atoms with Crippen LogP contribution in [-0.2, 0) is 19.1 Å². The molecular weight excluding hydrogens is 448 g/mol. The monoisotopic (exact) mass is 482 g/mol. The number of aliphatic carboxylic acids is 1. The van der Waals surface area contributed by atoms with Crippen LogP contribution in [0.15, 0.2) is 48.5 Å². The lowest BCUT2D eigenvalue weighted by Crippen LogP contribution is -2.49. The Balaban J connectivity index is 1.53. The Morgan fingerprint density at radius 1 is 1.00 bits per heavy atom. The van der Waals surface area contributed by atoms with E-state index in [1.165, 1.54) is 7.11 Å². The van der Waals surface area contributed by atoms with Crippen molar-refractivity contribution >= 4 is 18.0 Å². The Hall–Kier alpha value is -3.39. The highest BCUT2D eigenvalue weighted by atomic mass is 16.5. The number of benzene rings is 2. The number of amides is 2. The number of carboxylic acid groups (broad SMARTS) is 1. The van der Waals surface area contributed by atoms with Crippen LogP contribution >= 0.6 is 0 Å². The van der Waals surface area contributed by atoms with Crippen molar-refractivity contribution in [1.29, 1.82) is 0 Å². The van der Waals surface area contributed by atoms with Gasteiger partial charge in [0.15, 0.2) is 6.10 Å². The molecule has 0 aliphatic heterocycles. The van der Waals surface area contributed by atoms with E-state index < -0.39 is 30.1 Å². The molecule has 1 aliphatic carbocycles. The van der Waals surface area contributed by atoms with Crippen LogP contribution in [0.5, 0.6) is 0 Å². The Morgan fingerprint density at radius 3 is 2.09 bits per heavy atom. The summed E-state index contributed by atoms with van der Waals surface area (Å²) in [6.45, 7) is 6.01. The molecule has 0 saturated heterocycles. The summed E-state index contributed by atoms with van der Waals surface area (Å²) in [5.74, 6) is -1.79. The minimum atomic E-state index is -1.11. The van der Waals surface area contributed by atoms with E-state index in [1.54, 1.807) is 0 Å². The largest absolute Gasteiger partial charge is 0.480 e. The highest BCUT2D eigenvalue weighted by Crippen LogP contribution is 2.44. The number of carbonyl (C=O) groups excluding carboxylic acids is 2. The molecule has 188 valence electrons. The first-order valence-corrected chi connectivity index (χ1v) is 11.8. The fourth-order valence-electron chi connectivity index (χ4n) is 4.21. The van der Waals surface area contributed by atoms with Crippen molar-refractivity contribution in [3.05, 3.63) is 59.7 Å². The van der Waals surface area contributed by atoms with Gasteiger partial charge in [-0.2, -0.15) is 0 Å². The maximum Gasteiger partial charge on any atom is 0.407 e. The van der Waals surface area contributed by atoms with Gasteiger partial charge in [0.1, 0.15) is 12.6 Å². The summed E-state index contributed by atoms with van der Waals surface area (Å²) >= 11 is 0. The van der Waals surface area contributed by atoms with Crippen LogP contribution in [0.25, 0.3) is 11.1 Å². The van der Waals surface area contributed by atoms with Crippen LogP contribution < -0.4 is 10.6 Å². The summed E-state index contributed by atoms with van der Waals surface area (Å²) in [7, 11) is 1.33. The van der Waals surface area contributed by atoms with Crippen molar-refractivity contribution in [1.82, 2.24) is 10.6 Å². The van der Waals surface area contributed by atoms with Gasteiger partial charge in [0.2, 0.25) is 0 Å². The lowest BCUT2D eigenvalue weighted by Gasteiger charge is -2.23. The van der Waals surface area contributed by atoms with Crippen molar-refractivity contribution in [2.75, 3.05) is 20.3 Å². The van der Waals surface area contributed by atoms with Crippen LogP contribution in [0.1, 0.15) is 50.7 Å². The molecule has 0 aromatic heterocycles. The molecule has 0 bridgehead atoms. The molecule has 8 heteroatoms. The summed E-state index contributed by atoms with van der Waals surface area (Å²) in [5, 5.41) is 14.5. The molecule has 0 spiro atoms. The molecule has 8 nitrogen and oxygen atoms in total. The van der Waals surface area contributed by atoms with Crippen molar-refractivity contribution in [2.24, 2.45) is 5.41 Å². The predicted octanol–water partition coefficient (Wildman–Crippen LogP) is 3.94. The van der Waals surface area contributed by atoms with E-state index in [0.29, 0.717) is 12.8 Å². The molecule has 1 aliphatic rings. The minimum Gasteiger partial charge on any atom is -0.480 e. The molecule has 35 heavy (non-hydrogen) atoms. The molecule has 0 saturated carbocycles. The summed E-state index contributed by atoms with van der Waals surface area (Å²) in [5.41, 5.74) is 4.40. The maximum absolute atomic E-state index is 12.6. The van der Waals surface area contributed by atoms with E-state index in [9.17, 15) is 19.5 Å². The molecule has 0 fully saturated rings. The van der Waals surface area contributed by atoms with Crippen LogP contribution in [0.3, 0.4) is 0 Å². The zero-order valence-corrected chi connectivity index (χ0v) is 20.7. The number of ether oxygens (including phenoxy) is 2. The third-order valence-corrected chi connectivity index (χ3v) is 6.15. The SMILES string of the molecule is COC(CNC(=O)OCC1c2ccccc2-c2ccccc21)C(=O)NC(CCC(C)(C)C)C(=O)O. The quantitative estimate of drug-likeness (QED) is 0.473. The summed E-state index contributed by atoms with van der Waals surface area (Å²) in [6, 6.07) is 15.0. The number of hydrogen-bond donors (Lipinski definition) is 3. The Bertz CT molecular complexity index is 1020. The van der Waals surface area contributed by atoms with E-state index in [0.717, 1.165) is 22.3 Å². The first-order chi connectivity index (χ1) is 16.6. The van der Waals surface area contributed by atoms with Gasteiger partial charge in [-0.15, -0.1) is 0 Å². The number of hydrogen-bond acceptors (Lipinski definition) is 5. The van der Waals surface area contributed by atoms with Gasteiger partial charge in [-0.1, -0.05) is 69.3 Å². The van der Waals surface area contributed by atoms with Gasteiger partial charge < -0.3 is 25.2 Å². The highest BCUT2D eigenvalue weighted by Gasteiger charge is 2.30. The second-order valence-electron chi connectivity index (χ2n) is 9.93. The fourth-order valence-corrected chi connectivity index (χ4v) is 4.21. The molecular formula is C27H34N2O6. The highest BCUT2D eigenvalue weighted by molar-refractivity contribution is 5.87. The molecule has 0 heterocycles. The number of rotatable bonds is 10. The lowest BCUT2D eigenvalue weighted by atomic mass is 9.88. The predicted molar refractivity (Wildman–Crippen MR) is 132 cm³/mol. The average Bonchev–Trinajstić information content (AvgIpc) is 3.13. The molecule has 3 rings (SSSR count). The van der Waals surface area contributed by atoms with Gasteiger partial charge >= 0.3 is 12.1 Å². The number of alkyl carbamates (subject to hydrolysis) is 1. The zero-order valence-electron chi connectivity index (χ0n) is 20.7. The standard InChI is InChI=1S/C27H34N2O6/c1-27(2,3)14-13-22(25(31)32)29-24(30)23(34-4)15-28-26(33)35-16-21-19-11-7-5-9-17(19)18-10-6-8-12-20(18)21/h5-12,21-23H,13-16H2,1-4H3,(H,28,33)(H,29,30)(H,31,32). The first kappa shape index (κ1) is 26.2. The van der Waals surface area contributed by atoms with Crippen molar-refractivity contribution in [2.45, 2.75) is 51.7 Å². The maximum atomic E-state index is 12.6. The molecule has 3 N–H and O–H groups in total. The number of methoxy groups -OCH3 is 1. The van der Waals surface area contributed by atoms with Gasteiger partial charge in [-0.25, -0.2) is 9.59 Å². The van der Waals surface area contributed by atoms with E-state index in [-0.39, 0.29) is 24.5 Å². The Labute approximate surface area is 206 Å². The normalized spacial score (nSPS) is 14.4. The van der Waals surface area contributed by atoms with Crippen molar-refractivity contribution in [3.8, 4) is 11.1 Å². The van der Waals surface area contributed by atoms with E-state index in [1.807, 2.05) is 57.2 Å². The van der Waals surface area contributed by atoms with Crippen molar-refractivity contribution in [3.63, 3.8) is 0 Å². The van der Waals surface area contributed by atoms with Crippen LogP contribution in [-0.4, -0.2) is 55.5 Å². The average molecular weight is 483 g/mol. The number of carboxylic acids is 1. The summed E-state index contributed by atoms with van der Waals surface area (Å²) in [6.07, 6.45) is -0.808. The Morgan fingerprint density at radius 2 is 1.57 bits per heavy atom. The van der Waals surface area contributed by atoms with Crippen LogP contribution in [0.4, 0.5) is 4.79 Å². The van der Waals surface area contributed by atoms with Gasteiger partial charge in [0.25, 0.3) is 5.91 Å². The minimum absolute atomic E-state index is 0.0647. The van der Waals surface area contributed by atoms with Gasteiger partial charge in [-0.05, 0) is 40.5 Å². The second-order valence-corrected chi connectivity index (χ2v) is 9.93. The Kier molecular flexibility index (Phi) is 8.51. The number of carbonyl (C=O) groups is 3. The molecule has 0 radical (unpaired) electrons. The van der Waals surface area contributed by atoms with Crippen LogP contribution in [0, 0.1) is 5.41 Å². The number of nitrogens with one attached hydrogen (secondary N) is 2. The zero-order chi connectivity index (χ0) is 25.6. The van der Waals surface area contributed by atoms with E-state index >= 15 is 0 Å². The van der Waals surface area contributed by atoms with E-state index in [4.69, 9.17) is 9.47 Å². The molecule has 2 unspecified atom stereocenters. The third kappa shape index (κ3) is 6.82. The van der Waals surface area contributed by atoms with Gasteiger partial charge in [-0.3, -0.25) is 4.79 Å². The number of fused-ring (bicyclic) bond motifs is 3. The smallest absolute Gasteiger partial charge is 0.407 e. The molecule has 2 amide bonds. The summed E-state index contributed by atoms with van der Waals surface area (Å²) < 4.78 is 10.7. The lowest BCUT2D eigenvalue weighted by molar-refractivity contribution is -0.144. The molecule has 2 atom stereocenters. The van der Waals surface area contributed by atoms with Crippen LogP contribution in [0.2, 0.25) is 0 Å². The summed E-state index contributed by atoms with van der Waals surface area (Å²) in [4.78, 5) is 36.5. The fraction of sp³-hybridized carbons (Fsp3) is 0.444. The van der Waals surface area contributed by atoms with Gasteiger partial charge in [0.05, 0.1) is 6.54 Å².